The van der Waals surface area contributed by atoms with Crippen LogP contribution in [-0.4, -0.2) is 33.4 Å². The molecule has 138 valence electrons. The zero-order valence-electron chi connectivity index (χ0n) is 15.3. The molecule has 0 saturated carbocycles. The lowest BCUT2D eigenvalue weighted by atomic mass is 9.99. The summed E-state index contributed by atoms with van der Waals surface area (Å²) < 4.78 is 2.14. The van der Waals surface area contributed by atoms with E-state index in [-0.39, 0.29) is 29.8 Å². The lowest BCUT2D eigenvalue weighted by Gasteiger charge is -2.37. The van der Waals surface area contributed by atoms with Crippen molar-refractivity contribution in [2.24, 2.45) is 0 Å². The van der Waals surface area contributed by atoms with Crippen molar-refractivity contribution in [2.45, 2.75) is 45.3 Å². The topological polar surface area (TPSA) is 54.3 Å². The van der Waals surface area contributed by atoms with E-state index < -0.39 is 0 Å². The van der Waals surface area contributed by atoms with Gasteiger partial charge in [-0.05, 0) is 50.6 Å². The molecular weight excluding hydrogens is 350 g/mol. The molecule has 0 bridgehead atoms. The van der Waals surface area contributed by atoms with Crippen LogP contribution in [0.5, 0.6) is 0 Å². The SMILES string of the molecule is CC(C)(C)NC(=O)CC(=O)N1CCn2cccc2C1c1cccc(Cl)c1. The molecule has 0 saturated heterocycles. The van der Waals surface area contributed by atoms with E-state index in [1.165, 1.54) is 0 Å². The Hall–Kier alpha value is -2.27. The van der Waals surface area contributed by atoms with Crippen molar-refractivity contribution in [1.82, 2.24) is 14.8 Å². The standard InChI is InChI=1S/C20H24ClN3O2/c1-20(2,3)22-17(25)13-18(26)24-11-10-23-9-5-8-16(23)19(24)14-6-4-7-15(21)12-14/h4-9,12,19H,10-11,13H2,1-3H3,(H,22,25). The fourth-order valence-corrected chi connectivity index (χ4v) is 3.58. The van der Waals surface area contributed by atoms with Gasteiger partial charge in [-0.15, -0.1) is 0 Å². The van der Waals surface area contributed by atoms with E-state index >= 15 is 0 Å². The number of hydrogen-bond donors (Lipinski definition) is 1. The van der Waals surface area contributed by atoms with Crippen molar-refractivity contribution in [3.8, 4) is 0 Å². The average molecular weight is 374 g/mol. The van der Waals surface area contributed by atoms with Crippen molar-refractivity contribution < 1.29 is 9.59 Å². The summed E-state index contributed by atoms with van der Waals surface area (Å²) in [5, 5.41) is 3.48. The largest absolute Gasteiger partial charge is 0.351 e. The second kappa shape index (κ2) is 7.16. The Morgan fingerprint density at radius 1 is 1.19 bits per heavy atom. The third-order valence-electron chi connectivity index (χ3n) is 4.35. The van der Waals surface area contributed by atoms with Crippen LogP contribution in [0, 0.1) is 0 Å². The van der Waals surface area contributed by atoms with Gasteiger partial charge in [-0.1, -0.05) is 23.7 Å². The summed E-state index contributed by atoms with van der Waals surface area (Å²) in [5.41, 5.74) is 1.62. The highest BCUT2D eigenvalue weighted by molar-refractivity contribution is 6.30. The van der Waals surface area contributed by atoms with Gasteiger partial charge in [-0.3, -0.25) is 9.59 Å². The van der Waals surface area contributed by atoms with Crippen LogP contribution in [0.25, 0.3) is 0 Å². The summed E-state index contributed by atoms with van der Waals surface area (Å²) in [6.45, 7) is 6.97. The second-order valence-corrected chi connectivity index (χ2v) is 8.08. The number of nitrogens with one attached hydrogen (secondary N) is 1. The van der Waals surface area contributed by atoms with Crippen molar-refractivity contribution >= 4 is 23.4 Å². The molecule has 2 aromatic rings. The summed E-state index contributed by atoms with van der Waals surface area (Å²) in [4.78, 5) is 26.9. The lowest BCUT2D eigenvalue weighted by Crippen LogP contribution is -2.46. The van der Waals surface area contributed by atoms with Gasteiger partial charge in [0.1, 0.15) is 6.42 Å². The molecule has 1 unspecified atom stereocenters. The molecule has 1 aliphatic heterocycles. The molecule has 1 aliphatic rings. The van der Waals surface area contributed by atoms with Crippen molar-refractivity contribution in [2.75, 3.05) is 6.54 Å². The number of nitrogens with zero attached hydrogens (tertiary/aromatic N) is 2. The molecule has 26 heavy (non-hydrogen) atoms. The number of rotatable bonds is 3. The lowest BCUT2D eigenvalue weighted by molar-refractivity contribution is -0.138. The fraction of sp³-hybridized carbons (Fsp3) is 0.400. The molecule has 1 N–H and O–H groups in total. The Labute approximate surface area is 158 Å². The number of carbonyl (C=O) groups is 2. The zero-order chi connectivity index (χ0) is 18.9. The van der Waals surface area contributed by atoms with E-state index in [1.54, 1.807) is 4.90 Å². The maximum absolute atomic E-state index is 12.9. The van der Waals surface area contributed by atoms with Crippen molar-refractivity contribution in [3.63, 3.8) is 0 Å². The van der Waals surface area contributed by atoms with E-state index in [1.807, 2.05) is 63.4 Å². The second-order valence-electron chi connectivity index (χ2n) is 7.65. The normalized spacial score (nSPS) is 16.9. The van der Waals surface area contributed by atoms with Crippen LogP contribution in [0.1, 0.15) is 44.5 Å². The highest BCUT2D eigenvalue weighted by Gasteiger charge is 2.33. The number of benzene rings is 1. The third kappa shape index (κ3) is 4.10. The van der Waals surface area contributed by atoms with Gasteiger partial charge in [0.05, 0.1) is 6.04 Å². The highest BCUT2D eigenvalue weighted by atomic mass is 35.5. The summed E-state index contributed by atoms with van der Waals surface area (Å²) in [5.74, 6) is -0.433. The van der Waals surface area contributed by atoms with Gasteiger partial charge in [0.15, 0.2) is 0 Å². The van der Waals surface area contributed by atoms with Gasteiger partial charge >= 0.3 is 0 Å². The molecule has 0 fully saturated rings. The summed E-state index contributed by atoms with van der Waals surface area (Å²) in [6, 6.07) is 11.3. The number of aromatic nitrogens is 1. The molecule has 2 heterocycles. The maximum Gasteiger partial charge on any atom is 0.232 e. The number of hydrogen-bond acceptors (Lipinski definition) is 2. The molecule has 0 spiro atoms. The number of amides is 2. The molecule has 1 aromatic heterocycles. The quantitative estimate of drug-likeness (QED) is 0.838. The Morgan fingerprint density at radius 2 is 1.96 bits per heavy atom. The Kier molecular flexibility index (Phi) is 5.10. The van der Waals surface area contributed by atoms with Crippen LogP contribution in [0.3, 0.4) is 0 Å². The van der Waals surface area contributed by atoms with E-state index in [0.29, 0.717) is 18.1 Å². The predicted molar refractivity (Wildman–Crippen MR) is 102 cm³/mol. The van der Waals surface area contributed by atoms with Crippen LogP contribution < -0.4 is 5.32 Å². The van der Waals surface area contributed by atoms with Gasteiger partial charge < -0.3 is 14.8 Å². The summed E-state index contributed by atoms with van der Waals surface area (Å²) >= 11 is 6.17. The molecular formula is C20H24ClN3O2. The zero-order valence-corrected chi connectivity index (χ0v) is 16.1. The highest BCUT2D eigenvalue weighted by Crippen LogP contribution is 2.33. The minimum Gasteiger partial charge on any atom is -0.351 e. The van der Waals surface area contributed by atoms with Gasteiger partial charge in [-0.2, -0.15) is 0 Å². The third-order valence-corrected chi connectivity index (χ3v) is 4.58. The first kappa shape index (κ1) is 18.5. The van der Waals surface area contributed by atoms with E-state index in [2.05, 4.69) is 9.88 Å². The first-order chi connectivity index (χ1) is 12.2. The van der Waals surface area contributed by atoms with Gasteiger partial charge in [0, 0.05) is 35.5 Å². The first-order valence-electron chi connectivity index (χ1n) is 8.75. The molecule has 1 aromatic carbocycles. The average Bonchev–Trinajstić information content (AvgIpc) is 3.00. The van der Waals surface area contributed by atoms with Crippen LogP contribution in [0.15, 0.2) is 42.6 Å². The number of halogens is 1. The van der Waals surface area contributed by atoms with Crippen molar-refractivity contribution in [1.29, 1.82) is 0 Å². The van der Waals surface area contributed by atoms with Crippen LogP contribution in [0.4, 0.5) is 0 Å². The monoisotopic (exact) mass is 373 g/mol. The smallest absolute Gasteiger partial charge is 0.232 e. The molecule has 5 nitrogen and oxygen atoms in total. The molecule has 6 heteroatoms. The number of fused-ring (bicyclic) bond motifs is 1. The van der Waals surface area contributed by atoms with Crippen LogP contribution in [0.2, 0.25) is 5.02 Å². The molecule has 0 radical (unpaired) electrons. The predicted octanol–water partition coefficient (Wildman–Crippen LogP) is 3.38. The molecule has 1 atom stereocenters. The Balaban J connectivity index is 1.88. The van der Waals surface area contributed by atoms with E-state index in [4.69, 9.17) is 11.6 Å². The van der Waals surface area contributed by atoms with Gasteiger partial charge in [0.2, 0.25) is 11.8 Å². The van der Waals surface area contributed by atoms with Crippen molar-refractivity contribution in [3.05, 3.63) is 58.9 Å². The molecule has 3 rings (SSSR count). The first-order valence-corrected chi connectivity index (χ1v) is 9.13. The minimum atomic E-state index is -0.361. The maximum atomic E-state index is 12.9. The number of carbonyl (C=O) groups excluding carboxylic acids is 2. The van der Waals surface area contributed by atoms with Crippen LogP contribution in [-0.2, 0) is 16.1 Å². The van der Waals surface area contributed by atoms with Gasteiger partial charge in [0.25, 0.3) is 0 Å². The molecule has 2 amide bonds. The van der Waals surface area contributed by atoms with E-state index in [9.17, 15) is 9.59 Å². The fourth-order valence-electron chi connectivity index (χ4n) is 3.38. The summed E-state index contributed by atoms with van der Waals surface area (Å²) in [6.07, 6.45) is 1.86. The Bertz CT molecular complexity index is 822. The Morgan fingerprint density at radius 3 is 2.65 bits per heavy atom. The van der Waals surface area contributed by atoms with Gasteiger partial charge in [-0.25, -0.2) is 0 Å². The minimum absolute atomic E-state index is 0.158. The van der Waals surface area contributed by atoms with Crippen LogP contribution >= 0.6 is 11.6 Å². The summed E-state index contributed by atoms with van der Waals surface area (Å²) in [7, 11) is 0. The molecule has 0 aliphatic carbocycles. The van der Waals surface area contributed by atoms with E-state index in [0.717, 1.165) is 11.3 Å².